The van der Waals surface area contributed by atoms with Gasteiger partial charge < -0.3 is 41.2 Å². The summed E-state index contributed by atoms with van der Waals surface area (Å²) < 4.78 is 11.6. The molecule has 0 spiro atoms. The van der Waals surface area contributed by atoms with Gasteiger partial charge in [-0.25, -0.2) is 9.78 Å². The van der Waals surface area contributed by atoms with E-state index >= 15 is 0 Å². The number of aliphatic hydroxyl groups is 1. The molecule has 6 N–H and O–H groups in total. The highest BCUT2D eigenvalue weighted by Gasteiger charge is 2.46. The number of thiazole rings is 1. The normalized spacial score (nSPS) is 19.7. The first-order valence-corrected chi connectivity index (χ1v) is 28.3. The molecule has 1 fully saturated rings. The predicted octanol–water partition coefficient (Wildman–Crippen LogP) is 7.38. The molecule has 7 rings (SSSR count). The molecule has 0 bridgehead atoms. The van der Waals surface area contributed by atoms with Crippen LogP contribution < -0.4 is 26.6 Å². The van der Waals surface area contributed by atoms with Gasteiger partial charge in [-0.2, -0.15) is 4.99 Å². The molecule has 424 valence electrons. The topological polar surface area (TPSA) is 252 Å². The van der Waals surface area contributed by atoms with E-state index in [0.717, 1.165) is 44.0 Å². The fourth-order valence-electron chi connectivity index (χ4n) is 10.5. The summed E-state index contributed by atoms with van der Waals surface area (Å²) in [6, 6.07) is 17.9. The van der Waals surface area contributed by atoms with Crippen molar-refractivity contribution in [1.82, 2.24) is 25.8 Å². The molecule has 18 nitrogen and oxygen atoms in total. The zero-order valence-corrected chi connectivity index (χ0v) is 47.8. The molecule has 7 amide bonds. The minimum atomic E-state index is -0.931. The van der Waals surface area contributed by atoms with E-state index in [0.29, 0.717) is 37.8 Å². The maximum absolute atomic E-state index is 14.3. The number of para-hydroxylation sites is 1. The van der Waals surface area contributed by atoms with Crippen LogP contribution in [-0.4, -0.2) is 111 Å². The number of aryl methyl sites for hydroxylation is 3. The van der Waals surface area contributed by atoms with Crippen molar-refractivity contribution in [1.29, 1.82) is 0 Å². The zero-order valence-electron chi connectivity index (χ0n) is 47.0. The second-order valence-corrected chi connectivity index (χ2v) is 24.2. The minimum Gasteiger partial charge on any atom is -0.442 e. The Bertz CT molecular complexity index is 2870. The Balaban J connectivity index is 0.883. The molecule has 1 unspecified atom stereocenters. The Kier molecular flexibility index (Phi) is 19.7. The summed E-state index contributed by atoms with van der Waals surface area (Å²) in [5.41, 5.74) is 13.3. The van der Waals surface area contributed by atoms with Crippen molar-refractivity contribution in [2.75, 3.05) is 11.4 Å². The van der Waals surface area contributed by atoms with Gasteiger partial charge >= 0.3 is 6.09 Å². The SMILES string of the molecule is Cc1ncsc1-c1ccc([C@H](C)NC(=O)[C@@H]2C[C@H](O)CN2C(=O)[C@@H](NC(=O)CCCCc2ccc(CO[C@H](C)[C@H](CCC(N)=O)NC(=O)[C@@H]3Cc4cccc5c4N3C(=O)C(C=NC(=O)OC(C)(C)C)CC5)cc2)C(C)(C)C)cc1. The van der Waals surface area contributed by atoms with Crippen molar-refractivity contribution >= 4 is 64.8 Å². The highest BCUT2D eigenvalue weighted by molar-refractivity contribution is 7.13. The number of likely N-dealkylation sites (tertiary alicyclic amines) is 1. The predicted molar refractivity (Wildman–Crippen MR) is 303 cm³/mol. The molecule has 1 saturated heterocycles. The number of primary amides is 1. The van der Waals surface area contributed by atoms with Crippen LogP contribution in [-0.2, 0) is 64.1 Å². The third-order valence-corrected chi connectivity index (χ3v) is 15.8. The average Bonchev–Trinajstić information content (AvgIpc) is 4.32. The van der Waals surface area contributed by atoms with E-state index in [2.05, 4.69) is 25.9 Å². The largest absolute Gasteiger partial charge is 0.442 e. The Hall–Kier alpha value is -6.83. The molecule has 3 aromatic carbocycles. The average molecular weight is 1100 g/mol. The fraction of sp³-hybridized carbons (Fsp3) is 0.517. The number of nitrogens with two attached hydrogens (primary N) is 1. The van der Waals surface area contributed by atoms with E-state index in [-0.39, 0.29) is 69.0 Å². The molecule has 19 heteroatoms. The molecule has 3 aliphatic rings. The van der Waals surface area contributed by atoms with Gasteiger partial charge in [0.05, 0.1) is 58.6 Å². The summed E-state index contributed by atoms with van der Waals surface area (Å²) >= 11 is 1.57. The molecule has 0 aliphatic carbocycles. The number of carbonyl (C=O) groups is 7. The Labute approximate surface area is 467 Å². The number of aliphatic imine (C=N–C) groups is 1. The minimum absolute atomic E-state index is 0.00149. The summed E-state index contributed by atoms with van der Waals surface area (Å²) in [6.07, 6.45) is 2.78. The molecule has 4 aromatic rings. The number of rotatable bonds is 21. The molecule has 3 aliphatic heterocycles. The first-order valence-electron chi connectivity index (χ1n) is 27.4. The third kappa shape index (κ3) is 15.7. The maximum atomic E-state index is 14.3. The standard InChI is InChI=1S/C60H78N8O10S/c1-35(40-21-24-42(25-22-40)52-36(2)63-34-79-52)64-54(72)47-30-45(69)32-67(47)57(75)53(59(4,5)6)66-50(71)16-11-10-13-38-17-19-39(20-18-38)33-77-37(3)46(27-28-49(61)70)65-55(73)48-29-43-15-12-14-41-23-26-44(56(74)68(48)51(41)43)31-62-58(76)78-60(7,8)9/h12,14-15,17-22,24-25,31,34-35,37,44-48,53,69H,10-11,13,16,23,26-30,32-33H2,1-9H3,(H2,61,70)(H,64,72)(H,65,73)(H,66,71)/t35-,37+,44?,45-,46-,47-,48-,53+/m0/s1. The van der Waals surface area contributed by atoms with Gasteiger partial charge in [-0.1, -0.05) is 87.5 Å². The molecule has 8 atom stereocenters. The van der Waals surface area contributed by atoms with Gasteiger partial charge in [0.1, 0.15) is 23.7 Å². The molecule has 0 radical (unpaired) electrons. The number of hydrogen-bond donors (Lipinski definition) is 5. The number of amides is 7. The van der Waals surface area contributed by atoms with Crippen LogP contribution in [0.4, 0.5) is 10.5 Å². The Morgan fingerprint density at radius 3 is 2.23 bits per heavy atom. The van der Waals surface area contributed by atoms with Gasteiger partial charge in [-0.15, -0.1) is 11.3 Å². The number of hydrogen-bond acceptors (Lipinski definition) is 12. The van der Waals surface area contributed by atoms with Crippen LogP contribution in [0.5, 0.6) is 0 Å². The Morgan fingerprint density at radius 2 is 1.57 bits per heavy atom. The van der Waals surface area contributed by atoms with E-state index in [1.54, 1.807) is 32.1 Å². The first kappa shape index (κ1) is 59.8. The highest BCUT2D eigenvalue weighted by atomic mass is 32.1. The van der Waals surface area contributed by atoms with Gasteiger partial charge in [0.15, 0.2) is 0 Å². The van der Waals surface area contributed by atoms with Crippen LogP contribution in [0.15, 0.2) is 77.2 Å². The lowest BCUT2D eigenvalue weighted by molar-refractivity contribution is -0.144. The molecule has 79 heavy (non-hydrogen) atoms. The molecule has 4 heterocycles. The molecule has 0 saturated carbocycles. The van der Waals surface area contributed by atoms with Gasteiger partial charge in [0.2, 0.25) is 35.4 Å². The summed E-state index contributed by atoms with van der Waals surface area (Å²) in [5.74, 6) is -3.10. The summed E-state index contributed by atoms with van der Waals surface area (Å²) in [6.45, 7) is 16.6. The third-order valence-electron chi connectivity index (χ3n) is 14.8. The van der Waals surface area contributed by atoms with E-state index < -0.39 is 77.1 Å². The first-order chi connectivity index (χ1) is 37.4. The van der Waals surface area contributed by atoms with Gasteiger partial charge in [-0.3, -0.25) is 33.7 Å². The Morgan fingerprint density at radius 1 is 0.886 bits per heavy atom. The molecular weight excluding hydrogens is 1020 g/mol. The maximum Gasteiger partial charge on any atom is 0.433 e. The lowest BCUT2D eigenvalue weighted by Gasteiger charge is -2.35. The van der Waals surface area contributed by atoms with Gasteiger partial charge in [0, 0.05) is 38.4 Å². The van der Waals surface area contributed by atoms with Crippen LogP contribution >= 0.6 is 11.3 Å². The number of β-amino-alcohol motifs (C(OH)–C–C–N with tert-alkyl or cyclic N) is 1. The number of aliphatic hydroxyl groups excluding tert-OH is 1. The van der Waals surface area contributed by atoms with E-state index in [4.69, 9.17) is 15.2 Å². The van der Waals surface area contributed by atoms with E-state index in [1.807, 2.05) is 114 Å². The fourth-order valence-corrected chi connectivity index (χ4v) is 11.3. The smallest absolute Gasteiger partial charge is 0.433 e. The van der Waals surface area contributed by atoms with Crippen LogP contribution in [0.2, 0.25) is 0 Å². The number of anilines is 1. The monoisotopic (exact) mass is 1100 g/mol. The van der Waals surface area contributed by atoms with E-state index in [9.17, 15) is 38.7 Å². The number of nitrogens with one attached hydrogen (secondary N) is 3. The van der Waals surface area contributed by atoms with Gasteiger partial charge in [0.25, 0.3) is 0 Å². The zero-order chi connectivity index (χ0) is 57.3. The second-order valence-electron chi connectivity index (χ2n) is 23.3. The van der Waals surface area contributed by atoms with Crippen molar-refractivity contribution < 1.29 is 48.1 Å². The van der Waals surface area contributed by atoms with Crippen molar-refractivity contribution in [2.24, 2.45) is 22.1 Å². The molecule has 1 aromatic heterocycles. The number of unbranched alkanes of at least 4 members (excludes halogenated alkanes) is 1. The number of carbonyl (C=O) groups excluding carboxylic acids is 7. The lowest BCUT2D eigenvalue weighted by Crippen LogP contribution is -2.57. The summed E-state index contributed by atoms with van der Waals surface area (Å²) in [5, 5.41) is 19.8. The molecular formula is C60H78N8O10S. The van der Waals surface area contributed by atoms with Crippen molar-refractivity contribution in [3.05, 3.63) is 106 Å². The van der Waals surface area contributed by atoms with Crippen LogP contribution in [0.3, 0.4) is 0 Å². The van der Waals surface area contributed by atoms with Gasteiger partial charge in [-0.05, 0) is 119 Å². The number of nitrogens with zero attached hydrogens (tertiary/aromatic N) is 4. The van der Waals surface area contributed by atoms with Crippen LogP contribution in [0, 0.1) is 18.3 Å². The summed E-state index contributed by atoms with van der Waals surface area (Å²) in [4.78, 5) is 107. The van der Waals surface area contributed by atoms with Crippen molar-refractivity contribution in [2.45, 2.75) is 181 Å². The van der Waals surface area contributed by atoms with Crippen molar-refractivity contribution in [3.8, 4) is 10.4 Å². The van der Waals surface area contributed by atoms with E-state index in [1.165, 1.54) is 16.0 Å². The summed E-state index contributed by atoms with van der Waals surface area (Å²) in [7, 11) is 0. The van der Waals surface area contributed by atoms with Crippen molar-refractivity contribution in [3.63, 3.8) is 0 Å². The number of aromatic nitrogens is 1. The highest BCUT2D eigenvalue weighted by Crippen LogP contribution is 2.40. The second kappa shape index (κ2) is 26.0. The van der Waals surface area contributed by atoms with Crippen LogP contribution in [0.25, 0.3) is 10.4 Å². The number of benzene rings is 3. The quantitative estimate of drug-likeness (QED) is 0.0407. The lowest BCUT2D eigenvalue weighted by atomic mass is 9.85. The van der Waals surface area contributed by atoms with Crippen LogP contribution in [0.1, 0.15) is 140 Å². The number of ether oxygens (including phenoxy) is 2.